The molecular weight excluding hydrogens is 326 g/mol. The van der Waals surface area contributed by atoms with E-state index in [-0.39, 0.29) is 17.7 Å². The lowest BCUT2D eigenvalue weighted by molar-refractivity contribution is -0.132. The van der Waals surface area contributed by atoms with Crippen molar-refractivity contribution >= 4 is 15.7 Å². The van der Waals surface area contributed by atoms with Crippen molar-refractivity contribution in [3.8, 4) is 0 Å². The number of furan rings is 1. The number of amides is 1. The average Bonchev–Trinajstić information content (AvgIpc) is 3.45. The number of sulfone groups is 1. The highest BCUT2D eigenvalue weighted by Crippen LogP contribution is 2.47. The van der Waals surface area contributed by atoms with Crippen LogP contribution in [0.15, 0.2) is 16.5 Å². The van der Waals surface area contributed by atoms with E-state index in [0.29, 0.717) is 31.2 Å². The van der Waals surface area contributed by atoms with Gasteiger partial charge in [0, 0.05) is 12.0 Å². The average molecular weight is 351 g/mol. The van der Waals surface area contributed by atoms with E-state index in [1.165, 1.54) is 6.42 Å². The number of carbonyl (C=O) groups excluding carboxylic acids is 1. The molecule has 132 valence electrons. The highest BCUT2D eigenvalue weighted by molar-refractivity contribution is 7.92. The van der Waals surface area contributed by atoms with Crippen LogP contribution in [0.5, 0.6) is 0 Å². The minimum atomic E-state index is -3.29. The van der Waals surface area contributed by atoms with Gasteiger partial charge >= 0.3 is 0 Å². The van der Waals surface area contributed by atoms with Crippen LogP contribution < -0.4 is 0 Å². The molecule has 0 radical (unpaired) electrons. The highest BCUT2D eigenvalue weighted by Gasteiger charge is 2.42. The fraction of sp³-hybridized carbons (Fsp3) is 0.722. The summed E-state index contributed by atoms with van der Waals surface area (Å²) < 4.78 is 30.5. The Morgan fingerprint density at radius 1 is 1.25 bits per heavy atom. The first kappa shape index (κ1) is 16.2. The van der Waals surface area contributed by atoms with Gasteiger partial charge in [-0.25, -0.2) is 8.42 Å². The largest absolute Gasteiger partial charge is 0.464 e. The van der Waals surface area contributed by atoms with E-state index < -0.39 is 15.1 Å². The number of hydrogen-bond acceptors (Lipinski definition) is 4. The Bertz CT molecular complexity index is 734. The summed E-state index contributed by atoms with van der Waals surface area (Å²) in [6.45, 7) is 2.61. The molecule has 1 saturated heterocycles. The summed E-state index contributed by atoms with van der Waals surface area (Å²) in [7, 11) is -3.29. The first-order valence-electron chi connectivity index (χ1n) is 9.06. The number of carbonyl (C=O) groups is 1. The zero-order valence-electron chi connectivity index (χ0n) is 14.1. The molecule has 4 rings (SSSR count). The Labute approximate surface area is 143 Å². The minimum absolute atomic E-state index is 0.145. The van der Waals surface area contributed by atoms with Gasteiger partial charge in [-0.1, -0.05) is 13.3 Å². The zero-order chi connectivity index (χ0) is 16.9. The van der Waals surface area contributed by atoms with Crippen molar-refractivity contribution in [2.45, 2.75) is 69.2 Å². The Morgan fingerprint density at radius 2 is 2.00 bits per heavy atom. The van der Waals surface area contributed by atoms with Crippen LogP contribution in [-0.4, -0.2) is 36.3 Å². The van der Waals surface area contributed by atoms with Crippen LogP contribution >= 0.6 is 0 Å². The third kappa shape index (κ3) is 3.13. The molecule has 3 fully saturated rings. The molecule has 0 bridgehead atoms. The molecule has 1 aromatic rings. The van der Waals surface area contributed by atoms with Crippen LogP contribution in [-0.2, 0) is 21.2 Å². The molecule has 0 aromatic carbocycles. The molecule has 2 saturated carbocycles. The predicted octanol–water partition coefficient (Wildman–Crippen LogP) is 2.86. The van der Waals surface area contributed by atoms with Crippen molar-refractivity contribution < 1.29 is 17.6 Å². The van der Waals surface area contributed by atoms with Gasteiger partial charge in [-0.05, 0) is 50.2 Å². The summed E-state index contributed by atoms with van der Waals surface area (Å²) in [5.41, 5.74) is 0. The number of nitrogens with zero attached hydrogens (tertiary/aromatic N) is 1. The van der Waals surface area contributed by atoms with E-state index >= 15 is 0 Å². The van der Waals surface area contributed by atoms with Gasteiger partial charge in [0.15, 0.2) is 9.84 Å². The SMILES string of the molecule is C[C@@H]1C[C@@H]1c1ccc(CN(C(=O)[C@H]2CCCCS2(=O)=O)C2CC2)o1. The second-order valence-corrected chi connectivity index (χ2v) is 9.98. The quantitative estimate of drug-likeness (QED) is 0.818. The predicted molar refractivity (Wildman–Crippen MR) is 90.2 cm³/mol. The van der Waals surface area contributed by atoms with Crippen molar-refractivity contribution in [3.05, 3.63) is 23.7 Å². The second-order valence-electron chi connectivity index (χ2n) is 7.67. The Balaban J connectivity index is 1.50. The topological polar surface area (TPSA) is 67.6 Å². The lowest BCUT2D eigenvalue weighted by Crippen LogP contribution is -2.45. The van der Waals surface area contributed by atoms with E-state index in [4.69, 9.17) is 4.42 Å². The second kappa shape index (κ2) is 5.90. The fourth-order valence-corrected chi connectivity index (χ4v) is 5.61. The lowest BCUT2D eigenvalue weighted by atomic mass is 10.1. The van der Waals surface area contributed by atoms with E-state index in [9.17, 15) is 13.2 Å². The monoisotopic (exact) mass is 351 g/mol. The molecule has 1 aliphatic heterocycles. The molecule has 0 unspecified atom stereocenters. The third-order valence-corrected chi connectivity index (χ3v) is 7.77. The maximum atomic E-state index is 12.9. The van der Waals surface area contributed by atoms with Gasteiger partial charge < -0.3 is 9.32 Å². The Hall–Kier alpha value is -1.30. The van der Waals surface area contributed by atoms with Crippen LogP contribution in [0.3, 0.4) is 0 Å². The van der Waals surface area contributed by atoms with Crippen LogP contribution in [0.2, 0.25) is 0 Å². The van der Waals surface area contributed by atoms with Gasteiger partial charge in [0.1, 0.15) is 16.8 Å². The van der Waals surface area contributed by atoms with Crippen molar-refractivity contribution in [3.63, 3.8) is 0 Å². The van der Waals surface area contributed by atoms with Gasteiger partial charge in [-0.3, -0.25) is 4.79 Å². The summed E-state index contributed by atoms with van der Waals surface area (Å²) in [5, 5.41) is -0.843. The summed E-state index contributed by atoms with van der Waals surface area (Å²) >= 11 is 0. The van der Waals surface area contributed by atoms with E-state index in [2.05, 4.69) is 6.92 Å². The fourth-order valence-electron chi connectivity index (χ4n) is 3.76. The van der Waals surface area contributed by atoms with E-state index in [1.807, 2.05) is 12.1 Å². The first-order chi connectivity index (χ1) is 11.5. The van der Waals surface area contributed by atoms with Crippen LogP contribution in [0, 0.1) is 5.92 Å². The van der Waals surface area contributed by atoms with Gasteiger partial charge in [-0.15, -0.1) is 0 Å². The molecule has 3 atom stereocenters. The molecule has 1 aromatic heterocycles. The van der Waals surface area contributed by atoms with Gasteiger partial charge in [0.25, 0.3) is 0 Å². The molecule has 6 heteroatoms. The summed E-state index contributed by atoms with van der Waals surface area (Å²) in [4.78, 5) is 14.7. The van der Waals surface area contributed by atoms with E-state index in [0.717, 1.165) is 30.8 Å². The molecular formula is C18H25NO4S. The Kier molecular flexibility index (Phi) is 3.98. The summed E-state index contributed by atoms with van der Waals surface area (Å²) in [5.74, 6) is 2.91. The van der Waals surface area contributed by atoms with Crippen LogP contribution in [0.1, 0.15) is 62.9 Å². The first-order valence-corrected chi connectivity index (χ1v) is 10.8. The zero-order valence-corrected chi connectivity index (χ0v) is 14.9. The molecule has 0 spiro atoms. The summed E-state index contributed by atoms with van der Waals surface area (Å²) in [6, 6.07) is 4.14. The molecule has 1 amide bonds. The molecule has 24 heavy (non-hydrogen) atoms. The minimum Gasteiger partial charge on any atom is -0.464 e. The van der Waals surface area contributed by atoms with Crippen molar-refractivity contribution in [2.75, 3.05) is 5.75 Å². The van der Waals surface area contributed by atoms with Gasteiger partial charge in [0.2, 0.25) is 5.91 Å². The van der Waals surface area contributed by atoms with Crippen molar-refractivity contribution in [1.82, 2.24) is 4.90 Å². The smallest absolute Gasteiger partial charge is 0.241 e. The third-order valence-electron chi connectivity index (χ3n) is 5.61. The van der Waals surface area contributed by atoms with Gasteiger partial charge in [-0.2, -0.15) is 0 Å². The maximum absolute atomic E-state index is 12.9. The maximum Gasteiger partial charge on any atom is 0.241 e. The van der Waals surface area contributed by atoms with Crippen molar-refractivity contribution in [1.29, 1.82) is 0 Å². The highest BCUT2D eigenvalue weighted by atomic mass is 32.2. The lowest BCUT2D eigenvalue weighted by Gasteiger charge is -2.28. The van der Waals surface area contributed by atoms with E-state index in [1.54, 1.807) is 4.90 Å². The van der Waals surface area contributed by atoms with Crippen molar-refractivity contribution in [2.24, 2.45) is 5.92 Å². The molecule has 0 N–H and O–H groups in total. The van der Waals surface area contributed by atoms with Gasteiger partial charge in [0.05, 0.1) is 12.3 Å². The number of rotatable bonds is 5. The molecule has 5 nitrogen and oxygen atoms in total. The molecule has 2 aliphatic carbocycles. The standard InChI is InChI=1S/C18H25NO4S/c1-12-10-15(12)16-8-7-14(23-16)11-19(13-5-6-13)18(20)17-4-2-3-9-24(17,21)22/h7-8,12-13,15,17H,2-6,9-11H2,1H3/t12-,15+,17-/m1/s1. The van der Waals surface area contributed by atoms with Crippen LogP contribution in [0.4, 0.5) is 0 Å². The normalized spacial score (nSPS) is 31.6. The Morgan fingerprint density at radius 3 is 2.62 bits per heavy atom. The summed E-state index contributed by atoms with van der Waals surface area (Å²) in [6.07, 6.45) is 5.05. The molecule has 2 heterocycles. The molecule has 3 aliphatic rings. The van der Waals surface area contributed by atoms with Crippen LogP contribution in [0.25, 0.3) is 0 Å². The number of hydrogen-bond donors (Lipinski definition) is 0.